The number of nitrogens with zero attached hydrogens (tertiary/aromatic N) is 2. The second-order valence-corrected chi connectivity index (χ2v) is 8.50. The van der Waals surface area contributed by atoms with E-state index >= 15 is 0 Å². The molecule has 0 atom stereocenters. The van der Waals surface area contributed by atoms with Crippen LogP contribution in [0.25, 0.3) is 0 Å². The molecule has 182 valence electrons. The fourth-order valence-electron chi connectivity index (χ4n) is 3.12. The first kappa shape index (κ1) is 25.3. The van der Waals surface area contributed by atoms with Crippen molar-refractivity contribution in [3.63, 3.8) is 0 Å². The first-order chi connectivity index (χ1) is 16.6. The van der Waals surface area contributed by atoms with E-state index in [1.807, 2.05) is 6.07 Å². The molecule has 0 aromatic heterocycles. The number of hydrazine groups is 1. The van der Waals surface area contributed by atoms with Crippen LogP contribution in [0.4, 0.5) is 17.1 Å². The molecule has 0 radical (unpaired) electrons. The van der Waals surface area contributed by atoms with E-state index in [-0.39, 0.29) is 23.7 Å². The molecule has 12 heteroatoms. The molecule has 3 rings (SSSR count). The molecule has 0 unspecified atom stereocenters. The summed E-state index contributed by atoms with van der Waals surface area (Å²) in [4.78, 5) is 25.2. The largest absolute Gasteiger partial charge is 0.494 e. The highest BCUT2D eigenvalue weighted by Crippen LogP contribution is 2.29. The fraction of sp³-hybridized carbons (Fsp3) is 0.130. The van der Waals surface area contributed by atoms with Crippen molar-refractivity contribution in [2.45, 2.75) is 11.8 Å². The highest BCUT2D eigenvalue weighted by atomic mass is 32.2. The Balaban J connectivity index is 2.02. The van der Waals surface area contributed by atoms with Crippen molar-refractivity contribution in [1.82, 2.24) is 0 Å². The number of rotatable bonds is 9. The zero-order chi connectivity index (χ0) is 25.6. The zero-order valence-electron chi connectivity index (χ0n) is 18.8. The van der Waals surface area contributed by atoms with E-state index in [1.54, 1.807) is 43.3 Å². The number of para-hydroxylation sites is 1. The molecule has 0 aliphatic rings. The summed E-state index contributed by atoms with van der Waals surface area (Å²) in [6.45, 7) is 1.94. The highest BCUT2D eigenvalue weighted by Gasteiger charge is 2.27. The summed E-state index contributed by atoms with van der Waals surface area (Å²) in [6, 6.07) is 16.6. The maximum absolute atomic E-state index is 12.7. The molecular weight excluding hydrogens is 476 g/mol. The summed E-state index contributed by atoms with van der Waals surface area (Å²) < 4.78 is 37.6. The maximum Gasteiger partial charge on any atom is 0.342 e. The summed E-state index contributed by atoms with van der Waals surface area (Å²) in [6.07, 6.45) is 0. The van der Waals surface area contributed by atoms with Crippen LogP contribution in [0.1, 0.15) is 27.6 Å². The number of benzene rings is 3. The average Bonchev–Trinajstić information content (AvgIpc) is 2.83. The second-order valence-electron chi connectivity index (χ2n) is 7.08. The lowest BCUT2D eigenvalue weighted by Gasteiger charge is -2.11. The Morgan fingerprint density at radius 3 is 2.37 bits per heavy atom. The van der Waals surface area contributed by atoms with Crippen LogP contribution in [-0.4, -0.2) is 48.4 Å². The van der Waals surface area contributed by atoms with Crippen LogP contribution >= 0.6 is 0 Å². The molecule has 0 bridgehead atoms. The number of nitrogens with one attached hydrogen (secondary N) is 2. The van der Waals surface area contributed by atoms with E-state index in [0.29, 0.717) is 17.1 Å². The Kier molecular flexibility index (Phi) is 7.79. The van der Waals surface area contributed by atoms with Crippen LogP contribution in [0.3, 0.4) is 0 Å². The molecule has 0 saturated carbocycles. The Bertz CT molecular complexity index is 1390. The number of anilines is 2. The zero-order valence-corrected chi connectivity index (χ0v) is 19.6. The lowest BCUT2D eigenvalue weighted by molar-refractivity contribution is -0.482. The number of amides is 1. The van der Waals surface area contributed by atoms with Gasteiger partial charge in [-0.15, -0.1) is 5.43 Å². The molecule has 1 amide bonds. The Morgan fingerprint density at radius 1 is 1.06 bits per heavy atom. The summed E-state index contributed by atoms with van der Waals surface area (Å²) >= 11 is 0. The predicted octanol–water partition coefficient (Wildman–Crippen LogP) is 4.04. The summed E-state index contributed by atoms with van der Waals surface area (Å²) in [5.41, 5.74) is 3.66. The van der Waals surface area contributed by atoms with Crippen molar-refractivity contribution in [3.8, 4) is 5.75 Å². The van der Waals surface area contributed by atoms with Crippen LogP contribution in [0.5, 0.6) is 5.75 Å². The number of carbonyl (C=O) groups excluding carboxylic acids is 1. The summed E-state index contributed by atoms with van der Waals surface area (Å²) in [5, 5.41) is 16.7. The van der Waals surface area contributed by atoms with Gasteiger partial charge in [-0.3, -0.25) is 9.35 Å². The standard InChI is InChI=1S/C23H22N4O7S/c1-3-24-27(20-11-10-17(35(31,32)33)14-18(20)23(29)30)26-19-13-15(9-12-21(19)34-2)22(28)25-16-7-5-4-6-8-16/h4-14H,3H2,1-2H3,(H3-,24,25,26,28,29,30,31,32,33)/p+1. The van der Waals surface area contributed by atoms with Crippen LogP contribution in [0.15, 0.2) is 76.7 Å². The number of hydrogen-bond donors (Lipinski definition) is 4. The van der Waals surface area contributed by atoms with Gasteiger partial charge in [-0.2, -0.15) is 8.42 Å². The fourth-order valence-corrected chi connectivity index (χ4v) is 3.63. The third-order valence-corrected chi connectivity index (χ3v) is 5.58. The van der Waals surface area contributed by atoms with Crippen molar-refractivity contribution in [2.24, 2.45) is 5.11 Å². The van der Waals surface area contributed by atoms with Crippen molar-refractivity contribution < 1.29 is 37.2 Å². The minimum atomic E-state index is -4.62. The number of hydrogen-bond acceptors (Lipinski definition) is 6. The molecule has 3 aromatic rings. The van der Waals surface area contributed by atoms with E-state index in [1.165, 1.54) is 19.2 Å². The van der Waals surface area contributed by atoms with Gasteiger partial charge >= 0.3 is 5.97 Å². The van der Waals surface area contributed by atoms with Gasteiger partial charge in [0.15, 0.2) is 0 Å². The number of carbonyl (C=O) groups is 2. The maximum atomic E-state index is 12.7. The third kappa shape index (κ3) is 6.19. The van der Waals surface area contributed by atoms with Crippen LogP contribution in [-0.2, 0) is 10.1 Å². The first-order valence-electron chi connectivity index (χ1n) is 10.3. The SMILES string of the molecule is CCN=[N+](Nc1cc(C(=O)Nc2ccccc2)ccc1OC)c1ccc(S(=O)(=O)O)cc1C(=O)O. The quantitative estimate of drug-likeness (QED) is 0.149. The van der Waals surface area contributed by atoms with E-state index < -0.39 is 26.5 Å². The Hall–Kier alpha value is -4.29. The number of aromatic carboxylic acids is 1. The summed E-state index contributed by atoms with van der Waals surface area (Å²) in [7, 11) is -3.20. The summed E-state index contributed by atoms with van der Waals surface area (Å²) in [5.74, 6) is -1.49. The molecule has 0 aliphatic heterocycles. The van der Waals surface area contributed by atoms with Crippen molar-refractivity contribution in [3.05, 3.63) is 77.9 Å². The molecule has 0 spiro atoms. The molecule has 0 fully saturated rings. The van der Waals surface area contributed by atoms with Gasteiger partial charge in [0.2, 0.25) is 0 Å². The van der Waals surface area contributed by atoms with E-state index in [2.05, 4.69) is 15.9 Å². The van der Waals surface area contributed by atoms with Crippen LogP contribution in [0.2, 0.25) is 0 Å². The van der Waals surface area contributed by atoms with Gasteiger partial charge in [-0.05, 0) is 54.5 Å². The normalized spacial score (nSPS) is 11.6. The minimum absolute atomic E-state index is 0.00653. The molecule has 4 N–H and O–H groups in total. The third-order valence-electron chi connectivity index (χ3n) is 4.73. The molecular formula is C23H23N4O7S+. The second kappa shape index (κ2) is 10.8. The van der Waals surface area contributed by atoms with Crippen molar-refractivity contribution >= 4 is 39.1 Å². The van der Waals surface area contributed by atoms with Gasteiger partial charge in [0.05, 0.1) is 12.0 Å². The average molecular weight is 500 g/mol. The van der Waals surface area contributed by atoms with Gasteiger partial charge in [-0.1, -0.05) is 18.2 Å². The molecule has 0 saturated heterocycles. The molecule has 0 aliphatic carbocycles. The van der Waals surface area contributed by atoms with Crippen molar-refractivity contribution in [2.75, 3.05) is 24.4 Å². The number of carboxylic acid groups (broad SMARTS) is 1. The van der Waals surface area contributed by atoms with Gasteiger partial charge < -0.3 is 15.2 Å². The predicted molar refractivity (Wildman–Crippen MR) is 127 cm³/mol. The van der Waals surface area contributed by atoms with E-state index in [9.17, 15) is 27.7 Å². The monoisotopic (exact) mass is 499 g/mol. The van der Waals surface area contributed by atoms with Gasteiger partial charge in [0, 0.05) is 22.1 Å². The topological polar surface area (TPSA) is 157 Å². The lowest BCUT2D eigenvalue weighted by atomic mass is 10.1. The minimum Gasteiger partial charge on any atom is -0.494 e. The van der Waals surface area contributed by atoms with Gasteiger partial charge in [0.25, 0.3) is 21.7 Å². The Labute approximate surface area is 201 Å². The lowest BCUT2D eigenvalue weighted by Crippen LogP contribution is -2.18. The van der Waals surface area contributed by atoms with Gasteiger partial charge in [0.1, 0.15) is 23.5 Å². The Morgan fingerprint density at radius 2 is 1.77 bits per heavy atom. The van der Waals surface area contributed by atoms with Crippen molar-refractivity contribution in [1.29, 1.82) is 0 Å². The van der Waals surface area contributed by atoms with E-state index in [4.69, 9.17) is 4.74 Å². The molecule has 11 nitrogen and oxygen atoms in total. The van der Waals surface area contributed by atoms with Gasteiger partial charge in [-0.25, -0.2) is 4.79 Å². The molecule has 3 aromatic carbocycles. The molecule has 0 heterocycles. The highest BCUT2D eigenvalue weighted by molar-refractivity contribution is 7.85. The number of azo groups is 1. The number of ether oxygens (including phenoxy) is 1. The smallest absolute Gasteiger partial charge is 0.342 e. The molecule has 35 heavy (non-hydrogen) atoms. The van der Waals surface area contributed by atoms with Crippen LogP contribution < -0.4 is 15.5 Å². The number of carboxylic acids is 1. The van der Waals surface area contributed by atoms with Crippen LogP contribution in [0, 0.1) is 0 Å². The van der Waals surface area contributed by atoms with E-state index in [0.717, 1.165) is 16.9 Å². The first-order valence-corrected chi connectivity index (χ1v) is 11.7. The number of methoxy groups -OCH3 is 1.